The molecule has 30 heavy (non-hydrogen) atoms. The van der Waals surface area contributed by atoms with Crippen molar-refractivity contribution in [2.45, 2.75) is 25.0 Å². The molecule has 3 rings (SSSR count). The van der Waals surface area contributed by atoms with Crippen LogP contribution < -0.4 is 5.56 Å². The van der Waals surface area contributed by atoms with Crippen LogP contribution in [0.1, 0.15) is 13.3 Å². The van der Waals surface area contributed by atoms with Gasteiger partial charge in [0.05, 0.1) is 23.3 Å². The van der Waals surface area contributed by atoms with E-state index in [1.165, 1.54) is 16.3 Å². The van der Waals surface area contributed by atoms with Gasteiger partial charge >= 0.3 is 6.09 Å². The van der Waals surface area contributed by atoms with Gasteiger partial charge in [-0.1, -0.05) is 23.9 Å². The van der Waals surface area contributed by atoms with Crippen LogP contribution in [-0.2, 0) is 16.1 Å². The van der Waals surface area contributed by atoms with Crippen molar-refractivity contribution in [1.82, 2.24) is 19.4 Å². The topological polar surface area (TPSA) is 105 Å². The third kappa shape index (κ3) is 5.11. The first-order valence-electron chi connectivity index (χ1n) is 9.97. The number of amides is 2. The zero-order valence-electron chi connectivity index (χ0n) is 17.0. The van der Waals surface area contributed by atoms with E-state index in [-0.39, 0.29) is 29.9 Å². The lowest BCUT2D eigenvalue weighted by Crippen LogP contribution is -2.51. The number of hydrogen-bond acceptors (Lipinski definition) is 7. The lowest BCUT2D eigenvalue weighted by Gasteiger charge is -2.34. The van der Waals surface area contributed by atoms with Gasteiger partial charge < -0.3 is 19.6 Å². The van der Waals surface area contributed by atoms with Crippen molar-refractivity contribution >= 4 is 34.7 Å². The Hall–Kier alpha value is -2.59. The summed E-state index contributed by atoms with van der Waals surface area (Å²) in [4.78, 5) is 45.2. The molecule has 1 fully saturated rings. The highest BCUT2D eigenvalue weighted by molar-refractivity contribution is 7.99. The molecular formula is C20H26N4O5S. The monoisotopic (exact) mass is 434 g/mol. The minimum Gasteiger partial charge on any atom is -0.450 e. The highest BCUT2D eigenvalue weighted by Gasteiger charge is 2.25. The molecule has 2 aromatic rings. The van der Waals surface area contributed by atoms with Crippen LogP contribution in [0.5, 0.6) is 0 Å². The molecule has 0 radical (unpaired) electrons. The Kier molecular flexibility index (Phi) is 7.69. The van der Waals surface area contributed by atoms with E-state index in [0.29, 0.717) is 61.8 Å². The molecule has 1 aliphatic heterocycles. The molecule has 1 aromatic heterocycles. The second kappa shape index (κ2) is 10.4. The summed E-state index contributed by atoms with van der Waals surface area (Å²) in [6, 6.07) is 7.10. The molecule has 0 atom stereocenters. The largest absolute Gasteiger partial charge is 0.450 e. The van der Waals surface area contributed by atoms with E-state index in [2.05, 4.69) is 4.98 Å². The van der Waals surface area contributed by atoms with E-state index >= 15 is 0 Å². The fourth-order valence-corrected chi connectivity index (χ4v) is 4.18. The summed E-state index contributed by atoms with van der Waals surface area (Å²) < 4.78 is 6.52. The molecule has 1 N–H and O–H groups in total. The minimum atomic E-state index is -0.354. The summed E-state index contributed by atoms with van der Waals surface area (Å²) in [6.45, 7) is 4.15. The quantitative estimate of drug-likeness (QED) is 0.515. The van der Waals surface area contributed by atoms with Crippen molar-refractivity contribution in [2.24, 2.45) is 0 Å². The number of fused-ring (bicyclic) bond motifs is 1. The Morgan fingerprint density at radius 3 is 2.57 bits per heavy atom. The third-order valence-corrected chi connectivity index (χ3v) is 5.81. The first-order chi connectivity index (χ1) is 14.5. The van der Waals surface area contributed by atoms with Gasteiger partial charge in [0, 0.05) is 39.3 Å². The molecule has 1 saturated heterocycles. The second-order valence-corrected chi connectivity index (χ2v) is 7.74. The Balaban J connectivity index is 1.67. The molecule has 9 nitrogen and oxygen atoms in total. The SMILES string of the molecule is CCOC(=O)N1CCN(C(=O)CSc2nc3ccccc3c(=O)n2CCCO)CC1. The average Bonchev–Trinajstić information content (AvgIpc) is 2.77. The van der Waals surface area contributed by atoms with Crippen molar-refractivity contribution in [2.75, 3.05) is 45.1 Å². The number of carbonyl (C=O) groups excluding carboxylic acids is 2. The van der Waals surface area contributed by atoms with Crippen molar-refractivity contribution < 1.29 is 19.4 Å². The first-order valence-corrected chi connectivity index (χ1v) is 11.0. The molecule has 1 aromatic carbocycles. The maximum absolute atomic E-state index is 12.8. The number of benzene rings is 1. The molecular weight excluding hydrogens is 408 g/mol. The minimum absolute atomic E-state index is 0.0347. The summed E-state index contributed by atoms with van der Waals surface area (Å²) in [5.41, 5.74) is 0.410. The van der Waals surface area contributed by atoms with Crippen LogP contribution in [0.4, 0.5) is 4.79 Å². The molecule has 1 aliphatic rings. The number of rotatable bonds is 7. The highest BCUT2D eigenvalue weighted by Crippen LogP contribution is 2.19. The number of thioether (sulfide) groups is 1. The first kappa shape index (κ1) is 22.1. The Bertz CT molecular complexity index is 956. The van der Waals surface area contributed by atoms with Gasteiger partial charge in [-0.25, -0.2) is 9.78 Å². The predicted molar refractivity (Wildman–Crippen MR) is 114 cm³/mol. The van der Waals surface area contributed by atoms with E-state index in [0.717, 1.165) is 0 Å². The summed E-state index contributed by atoms with van der Waals surface area (Å²) in [7, 11) is 0. The van der Waals surface area contributed by atoms with Crippen LogP contribution in [0.15, 0.2) is 34.2 Å². The zero-order valence-corrected chi connectivity index (χ0v) is 17.8. The standard InChI is InChI=1S/C20H26N4O5S/c1-2-29-20(28)23-11-9-22(10-12-23)17(26)14-30-19-21-16-7-4-3-6-15(16)18(27)24(19)8-5-13-25/h3-4,6-7,25H,2,5,8-14H2,1H3. The summed E-state index contributed by atoms with van der Waals surface area (Å²) in [5, 5.41) is 10.1. The summed E-state index contributed by atoms with van der Waals surface area (Å²) in [6.07, 6.45) is 0.0734. The average molecular weight is 435 g/mol. The van der Waals surface area contributed by atoms with Crippen LogP contribution >= 0.6 is 11.8 Å². The smallest absolute Gasteiger partial charge is 0.409 e. The summed E-state index contributed by atoms with van der Waals surface area (Å²) >= 11 is 1.22. The highest BCUT2D eigenvalue weighted by atomic mass is 32.2. The fraction of sp³-hybridized carbons (Fsp3) is 0.500. The molecule has 162 valence electrons. The van der Waals surface area contributed by atoms with E-state index in [4.69, 9.17) is 9.84 Å². The molecule has 2 amide bonds. The number of nitrogens with zero attached hydrogens (tertiary/aromatic N) is 4. The van der Waals surface area contributed by atoms with Crippen molar-refractivity contribution in [3.05, 3.63) is 34.6 Å². The Morgan fingerprint density at radius 1 is 1.17 bits per heavy atom. The molecule has 0 saturated carbocycles. The number of ether oxygens (including phenoxy) is 1. The lowest BCUT2D eigenvalue weighted by molar-refractivity contribution is -0.129. The van der Waals surface area contributed by atoms with Crippen LogP contribution in [0.3, 0.4) is 0 Å². The lowest BCUT2D eigenvalue weighted by atomic mass is 10.2. The van der Waals surface area contributed by atoms with Gasteiger partial charge in [0.15, 0.2) is 5.16 Å². The van der Waals surface area contributed by atoms with Gasteiger partial charge in [-0.3, -0.25) is 14.2 Å². The number of aromatic nitrogens is 2. The number of carbonyl (C=O) groups is 2. The van der Waals surface area contributed by atoms with Crippen LogP contribution in [0, 0.1) is 0 Å². The summed E-state index contributed by atoms with van der Waals surface area (Å²) in [5.74, 6) is 0.0724. The zero-order chi connectivity index (χ0) is 21.5. The maximum atomic E-state index is 12.8. The number of aliphatic hydroxyl groups is 1. The second-order valence-electron chi connectivity index (χ2n) is 6.80. The van der Waals surface area contributed by atoms with Crippen molar-refractivity contribution in [3.8, 4) is 0 Å². The molecule has 0 aliphatic carbocycles. The van der Waals surface area contributed by atoms with E-state index in [1.54, 1.807) is 34.9 Å². The predicted octanol–water partition coefficient (Wildman–Crippen LogP) is 1.17. The fourth-order valence-electron chi connectivity index (χ4n) is 3.25. The molecule has 0 bridgehead atoms. The van der Waals surface area contributed by atoms with Gasteiger partial charge in [0.2, 0.25) is 5.91 Å². The van der Waals surface area contributed by atoms with Gasteiger partial charge in [-0.05, 0) is 25.5 Å². The molecule has 10 heteroatoms. The maximum Gasteiger partial charge on any atom is 0.409 e. The molecule has 0 spiro atoms. The Morgan fingerprint density at radius 2 is 1.87 bits per heavy atom. The number of hydrogen-bond donors (Lipinski definition) is 1. The Labute approximate surface area is 178 Å². The van der Waals surface area contributed by atoms with Gasteiger partial charge in [-0.2, -0.15) is 0 Å². The molecule has 0 unspecified atom stereocenters. The number of piperazine rings is 1. The number of para-hydroxylation sites is 1. The van der Waals surface area contributed by atoms with Gasteiger partial charge in [-0.15, -0.1) is 0 Å². The van der Waals surface area contributed by atoms with Gasteiger partial charge in [0.25, 0.3) is 5.56 Å². The van der Waals surface area contributed by atoms with Crippen LogP contribution in [0.2, 0.25) is 0 Å². The van der Waals surface area contributed by atoms with Crippen LogP contribution in [0.25, 0.3) is 10.9 Å². The van der Waals surface area contributed by atoms with E-state index < -0.39 is 0 Å². The van der Waals surface area contributed by atoms with Gasteiger partial charge in [0.1, 0.15) is 0 Å². The molecule has 2 heterocycles. The van der Waals surface area contributed by atoms with E-state index in [1.807, 2.05) is 6.07 Å². The van der Waals surface area contributed by atoms with Crippen molar-refractivity contribution in [1.29, 1.82) is 0 Å². The van der Waals surface area contributed by atoms with E-state index in [9.17, 15) is 14.4 Å². The number of aliphatic hydroxyl groups excluding tert-OH is 1. The van der Waals surface area contributed by atoms with Crippen molar-refractivity contribution in [3.63, 3.8) is 0 Å². The third-order valence-electron chi connectivity index (χ3n) is 4.85. The van der Waals surface area contributed by atoms with Crippen LogP contribution in [-0.4, -0.2) is 81.6 Å². The normalized spacial score (nSPS) is 14.2.